The van der Waals surface area contributed by atoms with E-state index >= 15 is 0 Å². The number of pyridine rings is 1. The summed E-state index contributed by atoms with van der Waals surface area (Å²) in [5.74, 6) is 1.26. The lowest BCUT2D eigenvalue weighted by Gasteiger charge is -2.10. The zero-order valence-corrected chi connectivity index (χ0v) is 13.5. The number of aldehydes is 1. The maximum absolute atomic E-state index is 11.2. The van der Waals surface area contributed by atoms with Gasteiger partial charge in [-0.25, -0.2) is 4.52 Å². The molecule has 5 nitrogen and oxygen atoms in total. The van der Waals surface area contributed by atoms with E-state index in [0.717, 1.165) is 22.8 Å². The molecule has 0 radical (unpaired) electrons. The molecule has 0 aliphatic carbocycles. The molecule has 0 saturated carbocycles. The fraction of sp³-hybridized carbons (Fsp3) is 0.0556. The van der Waals surface area contributed by atoms with Crippen LogP contribution in [-0.2, 0) is 0 Å². The second-order valence-corrected chi connectivity index (χ2v) is 5.77. The number of carbonyl (C=O) groups excluding carboxylic acids is 1. The largest absolute Gasteiger partial charge is 0.454 e. The summed E-state index contributed by atoms with van der Waals surface area (Å²) < 4.78 is 7.77. The summed E-state index contributed by atoms with van der Waals surface area (Å²) in [4.78, 5) is 15.5. The average molecular weight is 338 g/mol. The molecule has 3 aromatic heterocycles. The standard InChI is InChI=1S/C18H12ClN3O2/c1-11-12(10-23)9-22-18(11)16(6-8-21-22)24-15-5-7-20-17-13(15)3-2-4-14(17)19/h2-10H,1H3. The highest BCUT2D eigenvalue weighted by atomic mass is 35.5. The van der Waals surface area contributed by atoms with E-state index in [4.69, 9.17) is 16.3 Å². The Morgan fingerprint density at radius 1 is 1.17 bits per heavy atom. The maximum Gasteiger partial charge on any atom is 0.155 e. The van der Waals surface area contributed by atoms with E-state index < -0.39 is 0 Å². The first-order valence-electron chi connectivity index (χ1n) is 7.32. The Balaban J connectivity index is 1.90. The van der Waals surface area contributed by atoms with Crippen LogP contribution in [0.1, 0.15) is 15.9 Å². The van der Waals surface area contributed by atoms with Crippen LogP contribution in [0.2, 0.25) is 5.02 Å². The minimum atomic E-state index is 0.569. The zero-order chi connectivity index (χ0) is 16.7. The third-order valence-electron chi connectivity index (χ3n) is 3.96. The monoisotopic (exact) mass is 337 g/mol. The van der Waals surface area contributed by atoms with E-state index in [0.29, 0.717) is 27.6 Å². The van der Waals surface area contributed by atoms with Crippen LogP contribution in [-0.4, -0.2) is 20.9 Å². The Kier molecular flexibility index (Phi) is 3.43. The normalized spacial score (nSPS) is 11.1. The van der Waals surface area contributed by atoms with Gasteiger partial charge in [0, 0.05) is 29.4 Å². The number of hydrogen-bond acceptors (Lipinski definition) is 4. The van der Waals surface area contributed by atoms with E-state index in [1.54, 1.807) is 41.3 Å². The minimum Gasteiger partial charge on any atom is -0.454 e. The van der Waals surface area contributed by atoms with Gasteiger partial charge in [-0.15, -0.1) is 0 Å². The minimum absolute atomic E-state index is 0.569. The van der Waals surface area contributed by atoms with Gasteiger partial charge in [0.1, 0.15) is 11.3 Å². The molecule has 118 valence electrons. The van der Waals surface area contributed by atoms with E-state index in [-0.39, 0.29) is 0 Å². The van der Waals surface area contributed by atoms with Gasteiger partial charge in [0.2, 0.25) is 0 Å². The third kappa shape index (κ3) is 2.21. The summed E-state index contributed by atoms with van der Waals surface area (Å²) in [6.07, 6.45) is 5.79. The summed E-state index contributed by atoms with van der Waals surface area (Å²) in [5.41, 5.74) is 2.85. The van der Waals surface area contributed by atoms with E-state index in [1.165, 1.54) is 0 Å². The van der Waals surface area contributed by atoms with Crippen molar-refractivity contribution in [3.8, 4) is 11.5 Å². The van der Waals surface area contributed by atoms with Crippen molar-refractivity contribution < 1.29 is 9.53 Å². The SMILES string of the molecule is Cc1c(C=O)cn2nccc(Oc3ccnc4c(Cl)cccc34)c12. The number of aryl methyl sites for hydroxylation is 1. The quantitative estimate of drug-likeness (QED) is 0.518. The third-order valence-corrected chi connectivity index (χ3v) is 4.26. The van der Waals surface area contributed by atoms with Crippen LogP contribution in [0.3, 0.4) is 0 Å². The average Bonchev–Trinajstić information content (AvgIpc) is 2.93. The van der Waals surface area contributed by atoms with Crippen LogP contribution >= 0.6 is 11.6 Å². The summed E-state index contributed by atoms with van der Waals surface area (Å²) in [6, 6.07) is 9.11. The van der Waals surface area contributed by atoms with Crippen LogP contribution in [0, 0.1) is 6.92 Å². The Morgan fingerprint density at radius 3 is 2.83 bits per heavy atom. The van der Waals surface area contributed by atoms with Crippen molar-refractivity contribution in [1.82, 2.24) is 14.6 Å². The molecule has 4 rings (SSSR count). The van der Waals surface area contributed by atoms with Gasteiger partial charge < -0.3 is 4.74 Å². The van der Waals surface area contributed by atoms with Gasteiger partial charge >= 0.3 is 0 Å². The van der Waals surface area contributed by atoms with Gasteiger partial charge in [-0.05, 0) is 30.7 Å². The highest BCUT2D eigenvalue weighted by Crippen LogP contribution is 2.34. The number of halogens is 1. The lowest BCUT2D eigenvalue weighted by molar-refractivity contribution is 0.112. The van der Waals surface area contributed by atoms with Crippen molar-refractivity contribution in [2.45, 2.75) is 6.92 Å². The highest BCUT2D eigenvalue weighted by molar-refractivity contribution is 6.35. The van der Waals surface area contributed by atoms with Crippen LogP contribution in [0.15, 0.2) is 48.9 Å². The number of rotatable bonds is 3. The molecule has 4 aromatic rings. The number of aromatic nitrogens is 3. The summed E-state index contributed by atoms with van der Waals surface area (Å²) in [6.45, 7) is 1.87. The number of para-hydroxylation sites is 1. The van der Waals surface area contributed by atoms with Crippen molar-refractivity contribution in [2.75, 3.05) is 0 Å². The van der Waals surface area contributed by atoms with Crippen LogP contribution < -0.4 is 4.74 Å². The van der Waals surface area contributed by atoms with E-state index in [9.17, 15) is 4.79 Å². The summed E-state index contributed by atoms with van der Waals surface area (Å²) in [7, 11) is 0. The van der Waals surface area contributed by atoms with Crippen molar-refractivity contribution in [3.05, 3.63) is 65.1 Å². The maximum atomic E-state index is 11.2. The Bertz CT molecular complexity index is 1090. The van der Waals surface area contributed by atoms with E-state index in [1.807, 2.05) is 19.1 Å². The summed E-state index contributed by atoms with van der Waals surface area (Å²) >= 11 is 6.20. The molecule has 0 atom stereocenters. The first kappa shape index (κ1) is 14.7. The predicted molar refractivity (Wildman–Crippen MR) is 92.1 cm³/mol. The second-order valence-electron chi connectivity index (χ2n) is 5.36. The Morgan fingerprint density at radius 2 is 2.00 bits per heavy atom. The molecule has 0 N–H and O–H groups in total. The van der Waals surface area contributed by atoms with Crippen LogP contribution in [0.5, 0.6) is 11.5 Å². The van der Waals surface area contributed by atoms with Gasteiger partial charge in [-0.2, -0.15) is 5.10 Å². The molecule has 0 fully saturated rings. The van der Waals surface area contributed by atoms with Crippen molar-refractivity contribution in [2.24, 2.45) is 0 Å². The number of carbonyl (C=O) groups is 1. The molecule has 0 spiro atoms. The first-order valence-corrected chi connectivity index (χ1v) is 7.70. The molecule has 3 heterocycles. The predicted octanol–water partition coefficient (Wildman–Crippen LogP) is 4.45. The molecular formula is C18H12ClN3O2. The van der Waals surface area contributed by atoms with Gasteiger partial charge in [0.25, 0.3) is 0 Å². The van der Waals surface area contributed by atoms with Crippen molar-refractivity contribution >= 4 is 34.3 Å². The number of nitrogens with zero attached hydrogens (tertiary/aromatic N) is 3. The number of ether oxygens (including phenoxy) is 1. The van der Waals surface area contributed by atoms with Crippen LogP contribution in [0.4, 0.5) is 0 Å². The molecule has 0 amide bonds. The molecule has 24 heavy (non-hydrogen) atoms. The molecular weight excluding hydrogens is 326 g/mol. The molecule has 1 aromatic carbocycles. The van der Waals surface area contributed by atoms with Gasteiger partial charge in [0.15, 0.2) is 12.0 Å². The molecule has 0 bridgehead atoms. The lowest BCUT2D eigenvalue weighted by Crippen LogP contribution is -1.94. The molecule has 0 saturated heterocycles. The molecule has 0 unspecified atom stereocenters. The molecule has 0 aliphatic heterocycles. The van der Waals surface area contributed by atoms with Crippen molar-refractivity contribution in [1.29, 1.82) is 0 Å². The smallest absolute Gasteiger partial charge is 0.155 e. The molecule has 0 aliphatic rings. The van der Waals surface area contributed by atoms with Crippen molar-refractivity contribution in [3.63, 3.8) is 0 Å². The second kappa shape index (κ2) is 5.62. The number of hydrogen-bond donors (Lipinski definition) is 0. The Labute approximate surface area is 142 Å². The topological polar surface area (TPSA) is 56.5 Å². The van der Waals surface area contributed by atoms with E-state index in [2.05, 4.69) is 10.1 Å². The fourth-order valence-electron chi connectivity index (χ4n) is 2.77. The fourth-order valence-corrected chi connectivity index (χ4v) is 2.99. The molecule has 6 heteroatoms. The zero-order valence-electron chi connectivity index (χ0n) is 12.7. The van der Waals surface area contributed by atoms with Gasteiger partial charge in [0.05, 0.1) is 16.7 Å². The highest BCUT2D eigenvalue weighted by Gasteiger charge is 2.14. The lowest BCUT2D eigenvalue weighted by atomic mass is 10.2. The van der Waals surface area contributed by atoms with Gasteiger partial charge in [-0.3, -0.25) is 9.78 Å². The summed E-state index contributed by atoms with van der Waals surface area (Å²) in [5, 5.41) is 5.62. The number of benzene rings is 1. The van der Waals surface area contributed by atoms with Crippen LogP contribution in [0.25, 0.3) is 16.4 Å². The number of fused-ring (bicyclic) bond motifs is 2. The first-order chi connectivity index (χ1) is 11.7. The Hall–Kier alpha value is -2.92. The van der Waals surface area contributed by atoms with Gasteiger partial charge in [-0.1, -0.05) is 17.7 Å².